The van der Waals surface area contributed by atoms with E-state index in [1.54, 1.807) is 12.1 Å². The van der Waals surface area contributed by atoms with Gasteiger partial charge in [-0.15, -0.1) is 0 Å². The molecule has 0 amide bonds. The van der Waals surface area contributed by atoms with E-state index in [0.717, 1.165) is 17.7 Å². The topological polar surface area (TPSA) is 58.0 Å². The third-order valence-corrected chi connectivity index (χ3v) is 3.48. The van der Waals surface area contributed by atoms with Crippen LogP contribution < -0.4 is 5.32 Å². The van der Waals surface area contributed by atoms with E-state index < -0.39 is 0 Å². The second-order valence-corrected chi connectivity index (χ2v) is 5.02. The predicted octanol–water partition coefficient (Wildman–Crippen LogP) is 3.42. The molecule has 0 aliphatic heterocycles. The van der Waals surface area contributed by atoms with E-state index in [-0.39, 0.29) is 6.61 Å². The zero-order valence-electron chi connectivity index (χ0n) is 11.0. The Kier molecular flexibility index (Phi) is 5.17. The van der Waals surface area contributed by atoms with Gasteiger partial charge in [-0.2, -0.15) is 0 Å². The highest BCUT2D eigenvalue weighted by atomic mass is 35.5. The maximum Gasteiger partial charge on any atom is 0.161 e. The SMILES string of the molecule is CCc1cc(NCCO)nc(-c2ccc(Cl)c(Cl)c2)n1. The lowest BCUT2D eigenvalue weighted by atomic mass is 10.2. The molecule has 106 valence electrons. The summed E-state index contributed by atoms with van der Waals surface area (Å²) >= 11 is 11.9. The van der Waals surface area contributed by atoms with E-state index in [1.165, 1.54) is 0 Å². The van der Waals surface area contributed by atoms with Gasteiger partial charge in [0.15, 0.2) is 5.82 Å². The number of hydrogen-bond acceptors (Lipinski definition) is 4. The van der Waals surface area contributed by atoms with E-state index in [0.29, 0.717) is 28.2 Å². The highest BCUT2D eigenvalue weighted by Gasteiger charge is 2.08. The Labute approximate surface area is 127 Å². The number of aliphatic hydroxyl groups excluding tert-OH is 1. The first-order valence-corrected chi connectivity index (χ1v) is 7.07. The Morgan fingerprint density at radius 3 is 2.60 bits per heavy atom. The van der Waals surface area contributed by atoms with E-state index >= 15 is 0 Å². The number of aryl methyl sites for hydroxylation is 1. The normalized spacial score (nSPS) is 10.6. The van der Waals surface area contributed by atoms with Crippen LogP contribution in [-0.2, 0) is 6.42 Å². The van der Waals surface area contributed by atoms with Crippen LogP contribution in [0.3, 0.4) is 0 Å². The number of halogens is 2. The molecule has 2 rings (SSSR count). The maximum absolute atomic E-state index is 8.87. The van der Waals surface area contributed by atoms with Crippen LogP contribution in [0.25, 0.3) is 11.4 Å². The van der Waals surface area contributed by atoms with Crippen molar-refractivity contribution in [1.82, 2.24) is 9.97 Å². The minimum absolute atomic E-state index is 0.0492. The molecule has 0 fully saturated rings. The standard InChI is InChI=1S/C14H15Cl2N3O/c1-2-10-8-13(17-5-6-20)19-14(18-10)9-3-4-11(15)12(16)7-9/h3-4,7-8,20H,2,5-6H2,1H3,(H,17,18,19). The molecule has 0 spiro atoms. The largest absolute Gasteiger partial charge is 0.395 e. The van der Waals surface area contributed by atoms with Crippen molar-refractivity contribution < 1.29 is 5.11 Å². The van der Waals surface area contributed by atoms with Gasteiger partial charge in [-0.1, -0.05) is 30.1 Å². The molecule has 4 nitrogen and oxygen atoms in total. The fourth-order valence-electron chi connectivity index (χ4n) is 1.72. The summed E-state index contributed by atoms with van der Waals surface area (Å²) in [7, 11) is 0. The Hall–Kier alpha value is -1.36. The molecule has 0 unspecified atom stereocenters. The van der Waals surface area contributed by atoms with Gasteiger partial charge in [-0.25, -0.2) is 9.97 Å². The van der Waals surface area contributed by atoms with Gasteiger partial charge in [0, 0.05) is 23.9 Å². The molecule has 0 atom stereocenters. The molecule has 2 aromatic rings. The number of nitrogens with one attached hydrogen (secondary N) is 1. The average molecular weight is 312 g/mol. The summed E-state index contributed by atoms with van der Waals surface area (Å²) in [6.07, 6.45) is 0.796. The van der Waals surface area contributed by atoms with E-state index in [2.05, 4.69) is 15.3 Å². The van der Waals surface area contributed by atoms with Gasteiger partial charge in [0.25, 0.3) is 0 Å². The van der Waals surface area contributed by atoms with Crippen molar-refractivity contribution in [1.29, 1.82) is 0 Å². The van der Waals surface area contributed by atoms with Gasteiger partial charge < -0.3 is 10.4 Å². The molecular formula is C14H15Cl2N3O. The lowest BCUT2D eigenvalue weighted by molar-refractivity contribution is 0.311. The Morgan fingerprint density at radius 2 is 1.95 bits per heavy atom. The Bertz CT molecular complexity index is 605. The molecule has 0 aliphatic rings. The number of benzene rings is 1. The summed E-state index contributed by atoms with van der Waals surface area (Å²) in [5.74, 6) is 1.27. The summed E-state index contributed by atoms with van der Waals surface area (Å²) < 4.78 is 0. The quantitative estimate of drug-likeness (QED) is 0.888. The molecule has 0 saturated heterocycles. The average Bonchev–Trinajstić information content (AvgIpc) is 2.47. The van der Waals surface area contributed by atoms with Crippen LogP contribution in [0.1, 0.15) is 12.6 Å². The van der Waals surface area contributed by atoms with Crippen LogP contribution in [0.15, 0.2) is 24.3 Å². The number of rotatable bonds is 5. The van der Waals surface area contributed by atoms with Crippen LogP contribution in [-0.4, -0.2) is 28.2 Å². The Balaban J connectivity index is 2.41. The summed E-state index contributed by atoms with van der Waals surface area (Å²) in [5, 5.41) is 12.9. The zero-order valence-corrected chi connectivity index (χ0v) is 12.5. The van der Waals surface area contributed by atoms with Gasteiger partial charge in [-0.05, 0) is 24.6 Å². The molecular weight excluding hydrogens is 297 g/mol. The third kappa shape index (κ3) is 3.60. The molecule has 6 heteroatoms. The van der Waals surface area contributed by atoms with Gasteiger partial charge in [0.05, 0.1) is 16.7 Å². The monoisotopic (exact) mass is 311 g/mol. The number of hydrogen-bond donors (Lipinski definition) is 2. The van der Waals surface area contributed by atoms with Crippen LogP contribution in [0.2, 0.25) is 10.0 Å². The molecule has 0 radical (unpaired) electrons. The van der Waals surface area contributed by atoms with Crippen molar-refractivity contribution in [2.45, 2.75) is 13.3 Å². The van der Waals surface area contributed by atoms with E-state index in [1.807, 2.05) is 19.1 Å². The van der Waals surface area contributed by atoms with Gasteiger partial charge in [0.2, 0.25) is 0 Å². The van der Waals surface area contributed by atoms with Gasteiger partial charge in [-0.3, -0.25) is 0 Å². The number of aliphatic hydroxyl groups is 1. The van der Waals surface area contributed by atoms with Crippen molar-refractivity contribution in [2.24, 2.45) is 0 Å². The minimum Gasteiger partial charge on any atom is -0.395 e. The summed E-state index contributed by atoms with van der Waals surface area (Å²) in [6.45, 7) is 2.52. The second kappa shape index (κ2) is 6.88. The minimum atomic E-state index is 0.0492. The highest BCUT2D eigenvalue weighted by Crippen LogP contribution is 2.27. The molecule has 2 N–H and O–H groups in total. The van der Waals surface area contributed by atoms with Crippen LogP contribution in [0.4, 0.5) is 5.82 Å². The second-order valence-electron chi connectivity index (χ2n) is 4.20. The lowest BCUT2D eigenvalue weighted by Gasteiger charge is -2.09. The Morgan fingerprint density at radius 1 is 1.15 bits per heavy atom. The van der Waals surface area contributed by atoms with Crippen LogP contribution >= 0.6 is 23.2 Å². The molecule has 1 aromatic carbocycles. The van der Waals surface area contributed by atoms with Crippen molar-refractivity contribution in [3.63, 3.8) is 0 Å². The first-order valence-electron chi connectivity index (χ1n) is 6.32. The number of anilines is 1. The summed E-state index contributed by atoms with van der Waals surface area (Å²) in [5.41, 5.74) is 1.73. The zero-order chi connectivity index (χ0) is 14.5. The molecule has 0 bridgehead atoms. The fourth-order valence-corrected chi connectivity index (χ4v) is 2.02. The van der Waals surface area contributed by atoms with E-state index in [9.17, 15) is 0 Å². The molecule has 20 heavy (non-hydrogen) atoms. The van der Waals surface area contributed by atoms with Crippen LogP contribution in [0.5, 0.6) is 0 Å². The summed E-state index contributed by atoms with van der Waals surface area (Å²) in [4.78, 5) is 8.91. The van der Waals surface area contributed by atoms with Crippen molar-refractivity contribution in [3.8, 4) is 11.4 Å². The smallest absolute Gasteiger partial charge is 0.161 e. The van der Waals surface area contributed by atoms with Crippen molar-refractivity contribution >= 4 is 29.0 Å². The lowest BCUT2D eigenvalue weighted by Crippen LogP contribution is -2.08. The number of aromatic nitrogens is 2. The highest BCUT2D eigenvalue weighted by molar-refractivity contribution is 6.42. The number of nitrogens with zero attached hydrogens (tertiary/aromatic N) is 2. The van der Waals surface area contributed by atoms with Crippen molar-refractivity contribution in [2.75, 3.05) is 18.5 Å². The first-order chi connectivity index (χ1) is 9.63. The third-order valence-electron chi connectivity index (χ3n) is 2.74. The van der Waals surface area contributed by atoms with Crippen molar-refractivity contribution in [3.05, 3.63) is 40.0 Å². The molecule has 0 aliphatic carbocycles. The molecule has 1 aromatic heterocycles. The molecule has 1 heterocycles. The van der Waals surface area contributed by atoms with Gasteiger partial charge in [0.1, 0.15) is 5.82 Å². The summed E-state index contributed by atoms with van der Waals surface area (Å²) in [6, 6.07) is 7.17. The fraction of sp³-hybridized carbons (Fsp3) is 0.286. The molecule has 0 saturated carbocycles. The van der Waals surface area contributed by atoms with E-state index in [4.69, 9.17) is 28.3 Å². The first kappa shape index (κ1) is 15.0. The van der Waals surface area contributed by atoms with Crippen LogP contribution in [0, 0.1) is 0 Å². The van der Waals surface area contributed by atoms with Gasteiger partial charge >= 0.3 is 0 Å². The predicted molar refractivity (Wildman–Crippen MR) is 82.4 cm³/mol. The maximum atomic E-state index is 8.87.